The molecule has 308 valence electrons. The standard InChI is InChI=1S/C37H57N5O13/c1-5-6-7-8-9-10-11-13-17-37(2,3)35(49)55-29-26(51-4)27(53-33(29)42-19-16-24(44)41-36(42)50)28(30(38)46)54-34-25(45)22(43)20-23(52-34)32(48)40-21-15-12-14-18-39-31(21)47/h16,19-22,25-29,33-34,43,45H,5-15,17-18H2,1-4H3,(H2,38,46)(H,39,47)(H,40,48)(H,41,44,50)/t21-,22-,25-,26+,27-,28+,29+,33+,34+/m0/s1. The van der Waals surface area contributed by atoms with Gasteiger partial charge in [0.15, 0.2) is 24.2 Å². The van der Waals surface area contributed by atoms with Gasteiger partial charge < -0.3 is 50.3 Å². The maximum Gasteiger partial charge on any atom is 0.330 e. The lowest BCUT2D eigenvalue weighted by Crippen LogP contribution is -2.54. The zero-order valence-electron chi connectivity index (χ0n) is 32.0. The summed E-state index contributed by atoms with van der Waals surface area (Å²) in [6.07, 6.45) is -0.112. The Labute approximate surface area is 319 Å². The molecule has 0 aromatic carbocycles. The summed E-state index contributed by atoms with van der Waals surface area (Å²) in [5.41, 5.74) is 3.19. The molecule has 9 atom stereocenters. The van der Waals surface area contributed by atoms with Crippen LogP contribution >= 0.6 is 0 Å². The molecule has 3 aliphatic rings. The van der Waals surface area contributed by atoms with Gasteiger partial charge in [-0.3, -0.25) is 33.5 Å². The molecule has 55 heavy (non-hydrogen) atoms. The Morgan fingerprint density at radius 2 is 1.75 bits per heavy atom. The summed E-state index contributed by atoms with van der Waals surface area (Å²) < 4.78 is 30.3. The molecule has 2 saturated heterocycles. The number of aromatic amines is 1. The summed E-state index contributed by atoms with van der Waals surface area (Å²) in [5, 5.41) is 26.7. The van der Waals surface area contributed by atoms with Gasteiger partial charge in [0.1, 0.15) is 30.5 Å². The Kier molecular flexibility index (Phi) is 16.0. The Hall–Kier alpha value is -4.10. The highest BCUT2D eigenvalue weighted by atomic mass is 16.7. The molecule has 4 heterocycles. The quantitative estimate of drug-likeness (QED) is 0.0829. The van der Waals surface area contributed by atoms with Crippen LogP contribution in [0.2, 0.25) is 0 Å². The van der Waals surface area contributed by atoms with Crippen LogP contribution in [0.3, 0.4) is 0 Å². The van der Waals surface area contributed by atoms with Gasteiger partial charge in [0.2, 0.25) is 18.1 Å². The number of unbranched alkanes of at least 4 members (excludes halogenated alkanes) is 7. The van der Waals surface area contributed by atoms with Crippen LogP contribution in [0.25, 0.3) is 0 Å². The van der Waals surface area contributed by atoms with Gasteiger partial charge in [-0.25, -0.2) is 4.79 Å². The van der Waals surface area contributed by atoms with E-state index in [0.29, 0.717) is 25.8 Å². The summed E-state index contributed by atoms with van der Waals surface area (Å²) in [5.74, 6) is -3.58. The number of aliphatic hydroxyl groups excluding tert-OH is 2. The van der Waals surface area contributed by atoms with Gasteiger partial charge in [-0.1, -0.05) is 58.3 Å². The number of amides is 3. The fourth-order valence-corrected chi connectivity index (χ4v) is 6.88. The predicted octanol–water partition coefficient (Wildman–Crippen LogP) is 0.535. The number of carbonyl (C=O) groups is 4. The molecule has 3 amide bonds. The minimum atomic E-state index is -1.89. The lowest BCUT2D eigenvalue weighted by molar-refractivity contribution is -0.241. The molecule has 18 heteroatoms. The molecule has 7 N–H and O–H groups in total. The Bertz CT molecular complexity index is 1630. The Morgan fingerprint density at radius 3 is 2.40 bits per heavy atom. The lowest BCUT2D eigenvalue weighted by atomic mass is 9.86. The van der Waals surface area contributed by atoms with Gasteiger partial charge in [0, 0.05) is 25.9 Å². The summed E-state index contributed by atoms with van der Waals surface area (Å²) in [4.78, 5) is 79.4. The molecule has 0 saturated carbocycles. The van der Waals surface area contributed by atoms with E-state index in [2.05, 4.69) is 22.5 Å². The van der Waals surface area contributed by atoms with Crippen molar-refractivity contribution >= 4 is 23.7 Å². The molecule has 1 aromatic rings. The van der Waals surface area contributed by atoms with Crippen LogP contribution in [-0.4, -0.2) is 106 Å². The SMILES string of the molecule is CCCCCCCCCCC(C)(C)C(=O)O[C@@H]1[C@H](OC)[C@@H]([C@@H](O[C@H]2OC(C(=O)N[C@H]3CCCCNC3=O)=C[C@H](O)[C@@H]2O)C(N)=O)O[C@H]1n1ccc(=O)[nH]c1=O. The molecule has 0 spiro atoms. The second-order valence-corrected chi connectivity index (χ2v) is 15.0. The number of hydrogen-bond acceptors (Lipinski definition) is 13. The third kappa shape index (κ3) is 11.5. The first-order chi connectivity index (χ1) is 26.2. The largest absolute Gasteiger partial charge is 0.456 e. The van der Waals surface area contributed by atoms with Gasteiger partial charge in [-0.15, -0.1) is 0 Å². The summed E-state index contributed by atoms with van der Waals surface area (Å²) in [7, 11) is 1.24. The second-order valence-electron chi connectivity index (χ2n) is 15.0. The van der Waals surface area contributed by atoms with Crippen LogP contribution in [0.15, 0.2) is 33.7 Å². The van der Waals surface area contributed by atoms with Crippen molar-refractivity contribution < 1.29 is 53.1 Å². The normalized spacial score (nSPS) is 27.6. The van der Waals surface area contributed by atoms with Gasteiger partial charge >= 0.3 is 11.7 Å². The van der Waals surface area contributed by atoms with E-state index in [4.69, 9.17) is 29.4 Å². The summed E-state index contributed by atoms with van der Waals surface area (Å²) >= 11 is 0. The Balaban J connectivity index is 1.53. The maximum absolute atomic E-state index is 13.8. The van der Waals surface area contributed by atoms with Crippen molar-refractivity contribution in [1.29, 1.82) is 0 Å². The van der Waals surface area contributed by atoms with Gasteiger partial charge in [-0.2, -0.15) is 0 Å². The first kappa shape index (κ1) is 43.6. The smallest absolute Gasteiger partial charge is 0.330 e. The van der Waals surface area contributed by atoms with Crippen molar-refractivity contribution in [2.24, 2.45) is 11.1 Å². The average Bonchev–Trinajstić information content (AvgIpc) is 3.35. The number of nitrogens with zero attached hydrogens (tertiary/aromatic N) is 1. The fraction of sp³-hybridized carbons (Fsp3) is 0.730. The van der Waals surface area contributed by atoms with E-state index in [9.17, 15) is 39.0 Å². The second kappa shape index (κ2) is 20.2. The molecule has 18 nitrogen and oxygen atoms in total. The minimum Gasteiger partial charge on any atom is -0.456 e. The monoisotopic (exact) mass is 779 g/mol. The predicted molar refractivity (Wildman–Crippen MR) is 195 cm³/mol. The van der Waals surface area contributed by atoms with E-state index >= 15 is 0 Å². The topological polar surface area (TPSA) is 260 Å². The number of nitrogens with two attached hydrogens (primary N) is 1. The highest BCUT2D eigenvalue weighted by molar-refractivity contribution is 5.95. The molecule has 0 radical (unpaired) electrons. The van der Waals surface area contributed by atoms with Crippen LogP contribution in [0.5, 0.6) is 0 Å². The van der Waals surface area contributed by atoms with E-state index in [-0.39, 0.29) is 0 Å². The van der Waals surface area contributed by atoms with E-state index in [1.165, 1.54) is 32.8 Å². The van der Waals surface area contributed by atoms with Crippen molar-refractivity contribution in [3.05, 3.63) is 44.9 Å². The number of primary amides is 1. The van der Waals surface area contributed by atoms with E-state index < -0.39 is 101 Å². The fourth-order valence-electron chi connectivity index (χ4n) is 6.88. The number of rotatable bonds is 19. The van der Waals surface area contributed by atoms with Crippen molar-refractivity contribution in [3.63, 3.8) is 0 Å². The number of nitrogens with one attached hydrogen (secondary N) is 3. The molecule has 0 aliphatic carbocycles. The molecule has 1 aromatic heterocycles. The van der Waals surface area contributed by atoms with E-state index in [1.807, 2.05) is 0 Å². The molecule has 2 fully saturated rings. The van der Waals surface area contributed by atoms with Gasteiger partial charge in [0.05, 0.1) is 5.41 Å². The third-order valence-electron chi connectivity index (χ3n) is 10.2. The number of aromatic nitrogens is 2. The molecular weight excluding hydrogens is 722 g/mol. The molecular formula is C37H57N5O13. The highest BCUT2D eigenvalue weighted by Crippen LogP contribution is 2.38. The number of carbonyl (C=O) groups excluding carboxylic acids is 4. The van der Waals surface area contributed by atoms with Crippen LogP contribution in [-0.2, 0) is 42.9 Å². The van der Waals surface area contributed by atoms with Crippen LogP contribution in [0.1, 0.15) is 104 Å². The van der Waals surface area contributed by atoms with Crippen molar-refractivity contribution in [1.82, 2.24) is 20.2 Å². The zero-order valence-corrected chi connectivity index (χ0v) is 32.0. The number of H-pyrrole nitrogens is 1. The molecule has 3 aliphatic heterocycles. The Morgan fingerprint density at radius 1 is 1.05 bits per heavy atom. The number of aliphatic hydroxyl groups is 2. The van der Waals surface area contributed by atoms with Crippen molar-refractivity contribution in [2.75, 3.05) is 13.7 Å². The maximum atomic E-state index is 13.8. The number of ether oxygens (including phenoxy) is 5. The van der Waals surface area contributed by atoms with Gasteiger partial charge in [-0.05, 0) is 45.6 Å². The molecule has 4 rings (SSSR count). The number of esters is 1. The summed E-state index contributed by atoms with van der Waals surface area (Å²) in [6.45, 7) is 6.10. The highest BCUT2D eigenvalue weighted by Gasteiger charge is 2.55. The first-order valence-corrected chi connectivity index (χ1v) is 19.2. The van der Waals surface area contributed by atoms with Gasteiger partial charge in [0.25, 0.3) is 11.5 Å². The molecule has 0 unspecified atom stereocenters. The van der Waals surface area contributed by atoms with Crippen LogP contribution < -0.4 is 27.6 Å². The lowest BCUT2D eigenvalue weighted by Gasteiger charge is -2.35. The molecule has 0 bridgehead atoms. The average molecular weight is 780 g/mol. The minimum absolute atomic E-state index is 0.360. The van der Waals surface area contributed by atoms with Crippen molar-refractivity contribution in [2.45, 2.75) is 153 Å². The zero-order chi connectivity index (χ0) is 40.3. The number of methoxy groups -OCH3 is 1. The summed E-state index contributed by atoms with van der Waals surface area (Å²) in [6, 6.07) is 0.173. The number of hydrogen-bond donors (Lipinski definition) is 6. The van der Waals surface area contributed by atoms with Crippen LogP contribution in [0.4, 0.5) is 0 Å². The van der Waals surface area contributed by atoms with E-state index in [0.717, 1.165) is 55.0 Å². The van der Waals surface area contributed by atoms with Crippen molar-refractivity contribution in [3.8, 4) is 0 Å². The van der Waals surface area contributed by atoms with E-state index in [1.54, 1.807) is 13.8 Å². The first-order valence-electron chi connectivity index (χ1n) is 19.2. The third-order valence-corrected chi connectivity index (χ3v) is 10.2. The van der Waals surface area contributed by atoms with Crippen LogP contribution in [0, 0.1) is 5.41 Å².